The van der Waals surface area contributed by atoms with Gasteiger partial charge in [0, 0.05) is 12.6 Å². The second-order valence-electron chi connectivity index (χ2n) is 6.66. The lowest BCUT2D eigenvalue weighted by atomic mass is 9.83. The summed E-state index contributed by atoms with van der Waals surface area (Å²) in [4.78, 5) is 24.5. The highest BCUT2D eigenvalue weighted by Crippen LogP contribution is 2.46. The molecule has 144 valence electrons. The van der Waals surface area contributed by atoms with Gasteiger partial charge in [0.15, 0.2) is 5.60 Å². The number of nitrogens with zero attached hydrogens (tertiary/aromatic N) is 1. The molecule has 0 bridgehead atoms. The minimum absolute atomic E-state index is 0.0200. The van der Waals surface area contributed by atoms with E-state index in [4.69, 9.17) is 10.5 Å². The topological polar surface area (TPSA) is 92.9 Å². The van der Waals surface area contributed by atoms with Crippen LogP contribution in [0.2, 0.25) is 0 Å². The zero-order valence-corrected chi connectivity index (χ0v) is 14.5. The number of aliphatic hydroxyl groups is 1. The van der Waals surface area contributed by atoms with Gasteiger partial charge in [-0.1, -0.05) is 6.58 Å². The summed E-state index contributed by atoms with van der Waals surface area (Å²) < 4.78 is 45.1. The first-order valence-corrected chi connectivity index (χ1v) is 7.95. The minimum Gasteiger partial charge on any atom is -0.480 e. The maximum atomic E-state index is 13.2. The van der Waals surface area contributed by atoms with Gasteiger partial charge in [0.05, 0.1) is 11.6 Å². The first-order valence-electron chi connectivity index (χ1n) is 7.95. The lowest BCUT2D eigenvalue weighted by Gasteiger charge is -2.46. The maximum absolute atomic E-state index is 13.2. The van der Waals surface area contributed by atoms with E-state index < -0.39 is 40.3 Å². The second-order valence-corrected chi connectivity index (χ2v) is 6.66. The number of hydrogen-bond donors (Lipinski definition) is 2. The van der Waals surface area contributed by atoms with Crippen molar-refractivity contribution >= 4 is 11.4 Å². The van der Waals surface area contributed by atoms with Gasteiger partial charge in [0.2, 0.25) is 0 Å². The van der Waals surface area contributed by atoms with Crippen molar-refractivity contribution in [2.75, 3.05) is 17.7 Å². The molecule has 2 unspecified atom stereocenters. The number of likely N-dealkylation sites (N-methyl/N-ethyl adjacent to an activating group) is 1. The molecule has 0 aliphatic carbocycles. The van der Waals surface area contributed by atoms with Gasteiger partial charge < -0.3 is 20.5 Å². The van der Waals surface area contributed by atoms with Crippen LogP contribution in [0.15, 0.2) is 40.4 Å². The fourth-order valence-electron chi connectivity index (χ4n) is 3.30. The summed E-state index contributed by atoms with van der Waals surface area (Å²) >= 11 is 0. The summed E-state index contributed by atoms with van der Waals surface area (Å²) in [5.41, 5.74) is 1.16. The third-order valence-corrected chi connectivity index (χ3v) is 4.97. The summed E-state index contributed by atoms with van der Waals surface area (Å²) in [7, 11) is 1.37. The molecule has 1 aliphatic heterocycles. The number of fused-ring (bicyclic) bond motifs is 1. The largest absolute Gasteiger partial charge is 0.480 e. The van der Waals surface area contributed by atoms with Gasteiger partial charge in [-0.2, -0.15) is 13.2 Å². The Labute approximate surface area is 152 Å². The summed E-state index contributed by atoms with van der Waals surface area (Å²) in [6, 6.07) is 1.75. The molecule has 3 atom stereocenters. The number of nitrogen functional groups attached to an aromatic ring is 1. The molecule has 0 saturated heterocycles. The van der Waals surface area contributed by atoms with Crippen LogP contribution in [-0.4, -0.2) is 23.9 Å². The molecular weight excluding hydrogens is 365 g/mol. The molecule has 2 aromatic rings. The summed E-state index contributed by atoms with van der Waals surface area (Å²) in [6.07, 6.45) is -4.67. The van der Waals surface area contributed by atoms with E-state index in [0.717, 1.165) is 18.2 Å². The van der Waals surface area contributed by atoms with Crippen molar-refractivity contribution < 1.29 is 23.0 Å². The predicted octanol–water partition coefficient (Wildman–Crippen LogP) is 1.76. The standard InChI is InChI=1S/C18H17F3N2O4/c1-4-17(2)16(26)12(23(3)13-11(22)14(24)15(13)25)9-7-8(18(19,20)21)5-6-10(9)27-17/h4-7,12,16,26H,1,22H2,2-3H3/t12?,16-,17?/m0/s1. The minimum atomic E-state index is -4.61. The molecule has 1 aliphatic rings. The number of halogens is 3. The maximum Gasteiger partial charge on any atom is 0.416 e. The Bertz CT molecular complexity index is 994. The van der Waals surface area contributed by atoms with Crippen LogP contribution in [-0.2, 0) is 6.18 Å². The van der Waals surface area contributed by atoms with Gasteiger partial charge in [-0.3, -0.25) is 9.59 Å². The highest BCUT2D eigenvalue weighted by atomic mass is 19.4. The van der Waals surface area contributed by atoms with Gasteiger partial charge in [0.25, 0.3) is 10.9 Å². The van der Waals surface area contributed by atoms with Gasteiger partial charge in [-0.15, -0.1) is 0 Å². The van der Waals surface area contributed by atoms with E-state index in [9.17, 15) is 27.9 Å². The van der Waals surface area contributed by atoms with Gasteiger partial charge in [0.1, 0.15) is 23.2 Å². The van der Waals surface area contributed by atoms with E-state index >= 15 is 0 Å². The molecule has 0 amide bonds. The molecule has 0 saturated carbocycles. The fraction of sp³-hybridized carbons (Fsp3) is 0.333. The molecule has 2 aromatic carbocycles. The van der Waals surface area contributed by atoms with Crippen LogP contribution in [0.3, 0.4) is 0 Å². The van der Waals surface area contributed by atoms with Gasteiger partial charge in [-0.25, -0.2) is 0 Å². The third-order valence-electron chi connectivity index (χ3n) is 4.97. The van der Waals surface area contributed by atoms with E-state index in [2.05, 4.69) is 6.58 Å². The number of alkyl halides is 3. The molecule has 27 heavy (non-hydrogen) atoms. The van der Waals surface area contributed by atoms with Crippen molar-refractivity contribution in [3.05, 3.63) is 62.4 Å². The second kappa shape index (κ2) is 5.85. The van der Waals surface area contributed by atoms with E-state index in [0.29, 0.717) is 0 Å². The monoisotopic (exact) mass is 382 g/mol. The summed E-state index contributed by atoms with van der Waals surface area (Å²) in [5.74, 6) is 0.102. The Kier molecular flexibility index (Phi) is 4.11. The Morgan fingerprint density at radius 2 is 1.96 bits per heavy atom. The van der Waals surface area contributed by atoms with Crippen LogP contribution in [0.25, 0.3) is 0 Å². The fourth-order valence-corrected chi connectivity index (χ4v) is 3.30. The van der Waals surface area contributed by atoms with Crippen molar-refractivity contribution in [3.63, 3.8) is 0 Å². The third kappa shape index (κ3) is 2.69. The number of nitrogens with two attached hydrogens (primary N) is 1. The lowest BCUT2D eigenvalue weighted by molar-refractivity contribution is -0.137. The van der Waals surface area contributed by atoms with Crippen molar-refractivity contribution in [1.82, 2.24) is 0 Å². The summed E-state index contributed by atoms with van der Waals surface area (Å²) in [5, 5.41) is 10.8. The van der Waals surface area contributed by atoms with Crippen molar-refractivity contribution in [1.29, 1.82) is 0 Å². The van der Waals surface area contributed by atoms with Gasteiger partial charge >= 0.3 is 6.18 Å². The summed E-state index contributed by atoms with van der Waals surface area (Å²) in [6.45, 7) is 5.12. The molecule has 3 rings (SSSR count). The van der Waals surface area contributed by atoms with E-state index in [1.54, 1.807) is 0 Å². The van der Waals surface area contributed by atoms with Crippen LogP contribution in [0.4, 0.5) is 24.5 Å². The Morgan fingerprint density at radius 3 is 2.48 bits per heavy atom. The molecule has 0 aromatic heterocycles. The van der Waals surface area contributed by atoms with Crippen LogP contribution < -0.4 is 26.2 Å². The molecular formula is C18H17F3N2O4. The van der Waals surface area contributed by atoms with Crippen LogP contribution in [0.5, 0.6) is 5.75 Å². The molecule has 0 radical (unpaired) electrons. The number of ether oxygens (including phenoxy) is 1. The highest BCUT2D eigenvalue weighted by Gasteiger charge is 2.48. The molecule has 6 nitrogen and oxygen atoms in total. The zero-order valence-electron chi connectivity index (χ0n) is 14.5. The van der Waals surface area contributed by atoms with Gasteiger partial charge in [-0.05, 0) is 31.2 Å². The lowest BCUT2D eigenvalue weighted by Crippen LogP contribution is -2.55. The zero-order chi connectivity index (χ0) is 20.3. The molecule has 1 heterocycles. The first-order chi connectivity index (χ1) is 12.4. The Hall–Kier alpha value is -2.81. The number of anilines is 2. The SMILES string of the molecule is C=CC1(C)Oc2ccc(C(F)(F)F)cc2C(N(C)c2c(N)c(=O)c2=O)[C@@H]1O. The normalized spacial score (nSPS) is 25.0. The van der Waals surface area contributed by atoms with Crippen LogP contribution in [0, 0.1) is 0 Å². The average Bonchev–Trinajstić information content (AvgIpc) is 2.61. The number of hydrogen-bond acceptors (Lipinski definition) is 6. The predicted molar refractivity (Wildman–Crippen MR) is 93.6 cm³/mol. The average molecular weight is 382 g/mol. The van der Waals surface area contributed by atoms with Crippen LogP contribution >= 0.6 is 0 Å². The molecule has 9 heteroatoms. The molecule has 0 spiro atoms. The Balaban J connectivity index is 2.21. The quantitative estimate of drug-likeness (QED) is 0.621. The number of aliphatic hydroxyl groups excluding tert-OH is 1. The number of benzene rings is 1. The van der Waals surface area contributed by atoms with E-state index in [1.165, 1.54) is 24.9 Å². The molecule has 0 fully saturated rings. The van der Waals surface area contributed by atoms with Crippen molar-refractivity contribution in [2.45, 2.75) is 30.8 Å². The number of rotatable bonds is 3. The van der Waals surface area contributed by atoms with E-state index in [1.807, 2.05) is 0 Å². The van der Waals surface area contributed by atoms with Crippen molar-refractivity contribution in [2.24, 2.45) is 0 Å². The van der Waals surface area contributed by atoms with Crippen molar-refractivity contribution in [3.8, 4) is 5.75 Å². The Morgan fingerprint density at radius 1 is 1.33 bits per heavy atom. The highest BCUT2D eigenvalue weighted by molar-refractivity contribution is 5.73. The first kappa shape index (κ1) is 19.0. The smallest absolute Gasteiger partial charge is 0.416 e. The van der Waals surface area contributed by atoms with Crippen LogP contribution in [0.1, 0.15) is 24.1 Å². The van der Waals surface area contributed by atoms with E-state index in [-0.39, 0.29) is 22.7 Å². The molecule has 3 N–H and O–H groups in total.